The lowest BCUT2D eigenvalue weighted by Crippen LogP contribution is -2.25. The number of hydrogen-bond acceptors (Lipinski definition) is 7. The Bertz CT molecular complexity index is 617. The molecule has 0 aliphatic heterocycles. The van der Waals surface area contributed by atoms with Gasteiger partial charge in [0.05, 0.1) is 5.92 Å². The molecule has 2 rings (SSSR count). The van der Waals surface area contributed by atoms with Crippen LogP contribution in [0.15, 0.2) is 18.3 Å². The molecule has 0 radical (unpaired) electrons. The number of nitrogens with one attached hydrogen (secondary N) is 1. The molecule has 0 fully saturated rings. The van der Waals surface area contributed by atoms with Crippen LogP contribution in [0.1, 0.15) is 37.1 Å². The SMILES string of the molecule is CCCC(C(=O)O)C(Cc1ccc(OCCN)nc1)c1nn[nH]n1. The summed E-state index contributed by atoms with van der Waals surface area (Å²) in [5.74, 6) is -0.926. The number of aromatic amines is 1. The van der Waals surface area contributed by atoms with E-state index in [0.717, 1.165) is 12.0 Å². The summed E-state index contributed by atoms with van der Waals surface area (Å²) in [5.41, 5.74) is 6.27. The van der Waals surface area contributed by atoms with Gasteiger partial charge in [-0.3, -0.25) is 4.79 Å². The normalized spacial score (nSPS) is 13.4. The monoisotopic (exact) mass is 334 g/mol. The van der Waals surface area contributed by atoms with Crippen molar-refractivity contribution in [2.45, 2.75) is 32.1 Å². The van der Waals surface area contributed by atoms with E-state index in [4.69, 9.17) is 10.5 Å². The number of aromatic nitrogens is 5. The van der Waals surface area contributed by atoms with Gasteiger partial charge in [0.15, 0.2) is 5.82 Å². The Labute approximate surface area is 139 Å². The summed E-state index contributed by atoms with van der Waals surface area (Å²) in [6, 6.07) is 3.60. The van der Waals surface area contributed by atoms with E-state index in [1.807, 2.05) is 13.0 Å². The van der Waals surface area contributed by atoms with Gasteiger partial charge < -0.3 is 15.6 Å². The smallest absolute Gasteiger partial charge is 0.307 e. The molecule has 24 heavy (non-hydrogen) atoms. The quantitative estimate of drug-likeness (QED) is 0.578. The summed E-state index contributed by atoms with van der Waals surface area (Å²) in [7, 11) is 0. The standard InChI is InChI=1S/C15H22N6O3/c1-2-3-11(15(22)23)12(14-18-20-21-19-14)8-10-4-5-13(17-9-10)24-7-6-16/h4-5,9,11-12H,2-3,6-8,16H2,1H3,(H,22,23)(H,18,19,20,21). The van der Waals surface area contributed by atoms with Crippen LogP contribution in [0.3, 0.4) is 0 Å². The van der Waals surface area contributed by atoms with Gasteiger partial charge in [-0.05, 0) is 18.4 Å². The molecule has 0 bridgehead atoms. The van der Waals surface area contributed by atoms with E-state index >= 15 is 0 Å². The first kappa shape index (κ1) is 17.8. The van der Waals surface area contributed by atoms with E-state index in [2.05, 4.69) is 25.6 Å². The molecule has 2 atom stereocenters. The van der Waals surface area contributed by atoms with Gasteiger partial charge in [-0.25, -0.2) is 4.98 Å². The molecule has 130 valence electrons. The minimum Gasteiger partial charge on any atom is -0.481 e. The summed E-state index contributed by atoms with van der Waals surface area (Å²) >= 11 is 0. The number of ether oxygens (including phenoxy) is 1. The molecule has 0 spiro atoms. The molecule has 2 unspecified atom stereocenters. The second-order valence-electron chi connectivity index (χ2n) is 5.46. The Balaban J connectivity index is 2.17. The zero-order valence-electron chi connectivity index (χ0n) is 13.6. The molecule has 2 heterocycles. The van der Waals surface area contributed by atoms with Gasteiger partial charge in [-0.1, -0.05) is 24.6 Å². The number of rotatable bonds is 10. The highest BCUT2D eigenvalue weighted by Gasteiger charge is 2.32. The summed E-state index contributed by atoms with van der Waals surface area (Å²) in [4.78, 5) is 15.9. The third kappa shape index (κ3) is 4.72. The number of carboxylic acid groups (broad SMARTS) is 1. The summed E-state index contributed by atoms with van der Waals surface area (Å²) in [6.45, 7) is 2.77. The molecule has 2 aromatic heterocycles. The van der Waals surface area contributed by atoms with Gasteiger partial charge in [0, 0.05) is 24.7 Å². The molecule has 0 saturated heterocycles. The van der Waals surface area contributed by atoms with Gasteiger partial charge >= 0.3 is 5.97 Å². The van der Waals surface area contributed by atoms with Gasteiger partial charge in [-0.15, -0.1) is 10.2 Å². The third-order valence-corrected chi connectivity index (χ3v) is 3.72. The van der Waals surface area contributed by atoms with Crippen LogP contribution in [0.4, 0.5) is 0 Å². The number of aliphatic carboxylic acids is 1. The number of carbonyl (C=O) groups is 1. The van der Waals surface area contributed by atoms with E-state index in [-0.39, 0.29) is 5.92 Å². The molecule has 0 aromatic carbocycles. The predicted octanol–water partition coefficient (Wildman–Crippen LogP) is 0.759. The molecule has 0 saturated carbocycles. The maximum atomic E-state index is 11.7. The van der Waals surface area contributed by atoms with Crippen LogP contribution in [-0.4, -0.2) is 49.8 Å². The van der Waals surface area contributed by atoms with Crippen LogP contribution in [0.5, 0.6) is 5.88 Å². The lowest BCUT2D eigenvalue weighted by molar-refractivity contribution is -0.142. The maximum absolute atomic E-state index is 11.7. The Hall–Kier alpha value is -2.55. The van der Waals surface area contributed by atoms with Crippen molar-refractivity contribution in [1.29, 1.82) is 0 Å². The van der Waals surface area contributed by atoms with E-state index < -0.39 is 11.9 Å². The van der Waals surface area contributed by atoms with E-state index in [0.29, 0.717) is 37.7 Å². The summed E-state index contributed by atoms with van der Waals surface area (Å²) in [5, 5.41) is 23.5. The van der Waals surface area contributed by atoms with Gasteiger partial charge in [0.2, 0.25) is 5.88 Å². The Morgan fingerprint density at radius 1 is 1.46 bits per heavy atom. The molecule has 0 amide bonds. The molecule has 2 aromatic rings. The number of tetrazole rings is 1. The third-order valence-electron chi connectivity index (χ3n) is 3.72. The Kier molecular flexibility index (Phi) is 6.62. The zero-order chi connectivity index (χ0) is 17.4. The second kappa shape index (κ2) is 8.92. The van der Waals surface area contributed by atoms with Crippen molar-refractivity contribution in [3.8, 4) is 5.88 Å². The largest absolute Gasteiger partial charge is 0.481 e. The van der Waals surface area contributed by atoms with Crippen molar-refractivity contribution in [1.82, 2.24) is 25.6 Å². The van der Waals surface area contributed by atoms with Gasteiger partial charge in [0.1, 0.15) is 6.61 Å². The van der Waals surface area contributed by atoms with Gasteiger partial charge in [0.25, 0.3) is 0 Å². The number of nitrogens with zero attached hydrogens (tertiary/aromatic N) is 4. The van der Waals surface area contributed by atoms with Crippen molar-refractivity contribution in [3.05, 3.63) is 29.7 Å². The van der Waals surface area contributed by atoms with Crippen LogP contribution in [0.2, 0.25) is 0 Å². The molecule has 9 nitrogen and oxygen atoms in total. The Morgan fingerprint density at radius 3 is 2.83 bits per heavy atom. The summed E-state index contributed by atoms with van der Waals surface area (Å²) in [6.07, 6.45) is 3.43. The fourth-order valence-electron chi connectivity index (χ4n) is 2.58. The van der Waals surface area contributed by atoms with Crippen LogP contribution in [0.25, 0.3) is 0 Å². The van der Waals surface area contributed by atoms with Crippen molar-refractivity contribution < 1.29 is 14.6 Å². The van der Waals surface area contributed by atoms with Crippen LogP contribution < -0.4 is 10.5 Å². The lowest BCUT2D eigenvalue weighted by atomic mass is 9.83. The summed E-state index contributed by atoms with van der Waals surface area (Å²) < 4.78 is 5.34. The molecular weight excluding hydrogens is 312 g/mol. The lowest BCUT2D eigenvalue weighted by Gasteiger charge is -2.20. The highest BCUT2D eigenvalue weighted by atomic mass is 16.5. The zero-order valence-corrected chi connectivity index (χ0v) is 13.6. The minimum absolute atomic E-state index is 0.376. The number of carboxylic acids is 1. The highest BCUT2D eigenvalue weighted by molar-refractivity contribution is 5.71. The van der Waals surface area contributed by atoms with Crippen LogP contribution >= 0.6 is 0 Å². The van der Waals surface area contributed by atoms with Crippen molar-refractivity contribution in [3.63, 3.8) is 0 Å². The van der Waals surface area contributed by atoms with Crippen LogP contribution in [-0.2, 0) is 11.2 Å². The maximum Gasteiger partial charge on any atom is 0.307 e. The Morgan fingerprint density at radius 2 is 2.29 bits per heavy atom. The second-order valence-corrected chi connectivity index (χ2v) is 5.46. The highest BCUT2D eigenvalue weighted by Crippen LogP contribution is 2.29. The van der Waals surface area contributed by atoms with Crippen molar-refractivity contribution in [2.24, 2.45) is 11.7 Å². The number of pyridine rings is 1. The molecule has 0 aliphatic rings. The first-order valence-corrected chi connectivity index (χ1v) is 7.89. The van der Waals surface area contributed by atoms with Gasteiger partial charge in [-0.2, -0.15) is 5.21 Å². The average molecular weight is 334 g/mol. The molecular formula is C15H22N6O3. The van der Waals surface area contributed by atoms with Crippen molar-refractivity contribution in [2.75, 3.05) is 13.2 Å². The minimum atomic E-state index is -0.859. The average Bonchev–Trinajstić information content (AvgIpc) is 3.11. The fourth-order valence-corrected chi connectivity index (χ4v) is 2.58. The first-order chi connectivity index (χ1) is 11.7. The number of nitrogens with two attached hydrogens (primary N) is 1. The topological polar surface area (TPSA) is 140 Å². The number of hydrogen-bond donors (Lipinski definition) is 3. The van der Waals surface area contributed by atoms with E-state index in [1.165, 1.54) is 0 Å². The molecule has 0 aliphatic carbocycles. The van der Waals surface area contributed by atoms with Crippen molar-refractivity contribution >= 4 is 5.97 Å². The number of H-pyrrole nitrogens is 1. The first-order valence-electron chi connectivity index (χ1n) is 7.89. The molecule has 9 heteroatoms. The van der Waals surface area contributed by atoms with E-state index in [9.17, 15) is 9.90 Å². The molecule has 4 N–H and O–H groups in total. The predicted molar refractivity (Wildman–Crippen MR) is 85.4 cm³/mol. The van der Waals surface area contributed by atoms with Crippen LogP contribution in [0, 0.1) is 5.92 Å². The fraction of sp³-hybridized carbons (Fsp3) is 0.533. The van der Waals surface area contributed by atoms with E-state index in [1.54, 1.807) is 12.3 Å².